The second-order valence-corrected chi connectivity index (χ2v) is 7.48. The van der Waals surface area contributed by atoms with Crippen LogP contribution < -0.4 is 14.8 Å². The van der Waals surface area contributed by atoms with Gasteiger partial charge in [0.15, 0.2) is 0 Å². The lowest BCUT2D eigenvalue weighted by atomic mass is 9.97. The van der Waals surface area contributed by atoms with Gasteiger partial charge in [0, 0.05) is 49.6 Å². The molecule has 3 rings (SSSR count). The number of likely N-dealkylation sites (tertiary alicyclic amines) is 1. The van der Waals surface area contributed by atoms with E-state index in [2.05, 4.69) is 10.3 Å². The Balaban J connectivity index is 1.50. The van der Waals surface area contributed by atoms with Crippen LogP contribution in [0.4, 0.5) is 0 Å². The molecule has 1 aliphatic rings. The number of methoxy groups -OCH3 is 2. The largest absolute Gasteiger partial charge is 0.497 e. The lowest BCUT2D eigenvalue weighted by Crippen LogP contribution is -2.43. The van der Waals surface area contributed by atoms with E-state index in [0.29, 0.717) is 43.0 Å². The molecule has 1 aromatic heterocycles. The molecule has 7 nitrogen and oxygen atoms in total. The fourth-order valence-corrected chi connectivity index (χ4v) is 3.67. The molecule has 1 saturated heterocycles. The van der Waals surface area contributed by atoms with Crippen LogP contribution in [-0.4, -0.2) is 55.6 Å². The average molecular weight is 412 g/mol. The van der Waals surface area contributed by atoms with Crippen molar-refractivity contribution in [3.05, 3.63) is 53.9 Å². The highest BCUT2D eigenvalue weighted by molar-refractivity contribution is 5.95. The van der Waals surface area contributed by atoms with Crippen molar-refractivity contribution in [1.29, 1.82) is 0 Å². The van der Waals surface area contributed by atoms with Crippen molar-refractivity contribution in [3.63, 3.8) is 0 Å². The smallest absolute Gasteiger partial charge is 0.251 e. The Hall–Kier alpha value is -3.09. The summed E-state index contributed by atoms with van der Waals surface area (Å²) in [6.45, 7) is 1.98. The number of aromatic nitrogens is 1. The van der Waals surface area contributed by atoms with Crippen molar-refractivity contribution in [2.45, 2.75) is 25.7 Å². The summed E-state index contributed by atoms with van der Waals surface area (Å²) in [5.74, 6) is 1.36. The van der Waals surface area contributed by atoms with Crippen LogP contribution in [0.15, 0.2) is 42.6 Å². The van der Waals surface area contributed by atoms with Crippen LogP contribution in [0.3, 0.4) is 0 Å². The number of amides is 2. The lowest BCUT2D eigenvalue weighted by Gasteiger charge is -2.33. The van der Waals surface area contributed by atoms with Crippen LogP contribution in [0.1, 0.15) is 35.3 Å². The zero-order valence-corrected chi connectivity index (χ0v) is 17.6. The van der Waals surface area contributed by atoms with Crippen molar-refractivity contribution < 1.29 is 19.1 Å². The van der Waals surface area contributed by atoms with Gasteiger partial charge < -0.3 is 19.7 Å². The maximum absolute atomic E-state index is 12.6. The number of carbonyl (C=O) groups is 2. The van der Waals surface area contributed by atoms with Gasteiger partial charge in [-0.25, -0.2) is 0 Å². The Morgan fingerprint density at radius 2 is 1.93 bits per heavy atom. The van der Waals surface area contributed by atoms with Gasteiger partial charge in [0.25, 0.3) is 5.91 Å². The minimum absolute atomic E-state index is 0.147. The molecule has 2 amide bonds. The molecule has 160 valence electrons. The van der Waals surface area contributed by atoms with Gasteiger partial charge in [0.2, 0.25) is 5.91 Å². The molecule has 1 aliphatic heterocycles. The van der Waals surface area contributed by atoms with Crippen LogP contribution in [0, 0.1) is 5.92 Å². The van der Waals surface area contributed by atoms with Crippen molar-refractivity contribution in [2.75, 3.05) is 33.9 Å². The number of hydrogen-bond donors (Lipinski definition) is 1. The van der Waals surface area contributed by atoms with Crippen molar-refractivity contribution in [3.8, 4) is 11.5 Å². The van der Waals surface area contributed by atoms with Crippen molar-refractivity contribution in [2.24, 2.45) is 5.92 Å². The number of benzene rings is 1. The predicted molar refractivity (Wildman–Crippen MR) is 114 cm³/mol. The third-order valence-electron chi connectivity index (χ3n) is 5.36. The average Bonchev–Trinajstić information content (AvgIpc) is 2.81. The maximum Gasteiger partial charge on any atom is 0.251 e. The summed E-state index contributed by atoms with van der Waals surface area (Å²) in [6.07, 6.45) is 4.79. The van der Waals surface area contributed by atoms with Gasteiger partial charge in [0.1, 0.15) is 11.5 Å². The van der Waals surface area contributed by atoms with Crippen LogP contribution >= 0.6 is 0 Å². The molecule has 0 spiro atoms. The fraction of sp³-hybridized carbons (Fsp3) is 0.435. The standard InChI is InChI=1S/C23H29N3O4/c1-29-20-12-18(13-21(14-20)30-2)23(28)25-15-17-6-5-11-26(16-17)22(27)9-8-19-7-3-4-10-24-19/h3-4,7,10,12-14,17H,5-6,8-9,11,15-16H2,1-2H3,(H,25,28). The topological polar surface area (TPSA) is 80.8 Å². The summed E-state index contributed by atoms with van der Waals surface area (Å²) < 4.78 is 10.5. The second-order valence-electron chi connectivity index (χ2n) is 7.48. The molecular weight excluding hydrogens is 382 g/mol. The molecule has 0 bridgehead atoms. The number of rotatable bonds is 8. The number of nitrogens with one attached hydrogen (secondary N) is 1. The monoisotopic (exact) mass is 411 g/mol. The first-order valence-electron chi connectivity index (χ1n) is 10.3. The van der Waals surface area contributed by atoms with E-state index < -0.39 is 0 Å². The molecule has 1 fully saturated rings. The van der Waals surface area contributed by atoms with E-state index in [1.165, 1.54) is 0 Å². The molecule has 1 N–H and O–H groups in total. The van der Waals surface area contributed by atoms with E-state index in [4.69, 9.17) is 9.47 Å². The molecule has 1 aromatic carbocycles. The molecule has 1 unspecified atom stereocenters. The molecule has 0 aliphatic carbocycles. The van der Waals surface area contributed by atoms with Crippen LogP contribution in [0.25, 0.3) is 0 Å². The van der Waals surface area contributed by atoms with Gasteiger partial charge in [-0.2, -0.15) is 0 Å². The van der Waals surface area contributed by atoms with Crippen molar-refractivity contribution >= 4 is 11.8 Å². The van der Waals surface area contributed by atoms with Crippen LogP contribution in [-0.2, 0) is 11.2 Å². The Kier molecular flexibility index (Phi) is 7.65. The number of nitrogens with zero attached hydrogens (tertiary/aromatic N) is 2. The fourth-order valence-electron chi connectivity index (χ4n) is 3.67. The summed E-state index contributed by atoms with van der Waals surface area (Å²) in [4.78, 5) is 31.4. The van der Waals surface area contributed by atoms with Gasteiger partial charge in [-0.15, -0.1) is 0 Å². The number of piperidine rings is 1. The minimum Gasteiger partial charge on any atom is -0.497 e. The van der Waals surface area contributed by atoms with E-state index in [1.54, 1.807) is 38.6 Å². The van der Waals surface area contributed by atoms with Crippen LogP contribution in [0.5, 0.6) is 11.5 Å². The van der Waals surface area contributed by atoms with E-state index in [9.17, 15) is 9.59 Å². The summed E-state index contributed by atoms with van der Waals surface area (Å²) in [5.41, 5.74) is 1.42. The summed E-state index contributed by atoms with van der Waals surface area (Å²) >= 11 is 0. The number of ether oxygens (including phenoxy) is 2. The molecule has 30 heavy (non-hydrogen) atoms. The van der Waals surface area contributed by atoms with E-state index in [1.807, 2.05) is 23.1 Å². The van der Waals surface area contributed by atoms with Gasteiger partial charge in [-0.3, -0.25) is 14.6 Å². The zero-order valence-electron chi connectivity index (χ0n) is 17.6. The number of carbonyl (C=O) groups excluding carboxylic acids is 2. The molecular formula is C23H29N3O4. The normalized spacial score (nSPS) is 16.1. The molecule has 0 radical (unpaired) electrons. The Bertz CT molecular complexity index is 835. The van der Waals surface area contributed by atoms with Gasteiger partial charge in [0.05, 0.1) is 14.2 Å². The van der Waals surface area contributed by atoms with E-state index in [0.717, 1.165) is 25.1 Å². The lowest BCUT2D eigenvalue weighted by molar-refractivity contribution is -0.132. The summed E-state index contributed by atoms with van der Waals surface area (Å²) in [6, 6.07) is 10.8. The van der Waals surface area contributed by atoms with Gasteiger partial charge in [-0.05, 0) is 49.4 Å². The predicted octanol–water partition coefficient (Wildman–Crippen LogP) is 2.70. The number of pyridine rings is 1. The van der Waals surface area contributed by atoms with Crippen molar-refractivity contribution in [1.82, 2.24) is 15.2 Å². The highest BCUT2D eigenvalue weighted by Crippen LogP contribution is 2.23. The highest BCUT2D eigenvalue weighted by Gasteiger charge is 2.24. The molecule has 1 atom stereocenters. The second kappa shape index (κ2) is 10.6. The van der Waals surface area contributed by atoms with E-state index >= 15 is 0 Å². The maximum atomic E-state index is 12.6. The summed E-state index contributed by atoms with van der Waals surface area (Å²) in [5, 5.41) is 2.99. The number of aryl methyl sites for hydroxylation is 1. The Morgan fingerprint density at radius 1 is 1.17 bits per heavy atom. The first kappa shape index (κ1) is 21.6. The van der Waals surface area contributed by atoms with Gasteiger partial charge >= 0.3 is 0 Å². The molecule has 2 heterocycles. The zero-order chi connectivity index (χ0) is 21.3. The Labute approximate surface area is 177 Å². The van der Waals surface area contributed by atoms with Gasteiger partial charge in [-0.1, -0.05) is 6.07 Å². The number of hydrogen-bond acceptors (Lipinski definition) is 5. The third kappa shape index (κ3) is 5.95. The van der Waals surface area contributed by atoms with Crippen LogP contribution in [0.2, 0.25) is 0 Å². The molecule has 0 saturated carbocycles. The SMILES string of the molecule is COc1cc(OC)cc(C(=O)NCC2CCCN(C(=O)CCc3ccccn3)C2)c1. The summed E-state index contributed by atoms with van der Waals surface area (Å²) in [7, 11) is 3.11. The minimum atomic E-state index is -0.175. The highest BCUT2D eigenvalue weighted by atomic mass is 16.5. The first-order valence-corrected chi connectivity index (χ1v) is 10.3. The third-order valence-corrected chi connectivity index (χ3v) is 5.36. The first-order chi connectivity index (χ1) is 14.6. The Morgan fingerprint density at radius 3 is 2.60 bits per heavy atom. The quantitative estimate of drug-likeness (QED) is 0.722. The molecule has 7 heteroatoms. The molecule has 2 aromatic rings. The van der Waals surface area contributed by atoms with E-state index in [-0.39, 0.29) is 17.7 Å².